The van der Waals surface area contributed by atoms with Crippen LogP contribution in [0.5, 0.6) is 5.75 Å². The number of piperidine rings is 1. The molecule has 1 unspecified atom stereocenters. The fourth-order valence-electron chi connectivity index (χ4n) is 5.92. The first-order valence-corrected chi connectivity index (χ1v) is 14.0. The van der Waals surface area contributed by atoms with Crippen molar-refractivity contribution in [2.75, 3.05) is 17.2 Å². The zero-order valence-electron chi connectivity index (χ0n) is 22.2. The van der Waals surface area contributed by atoms with Crippen molar-refractivity contribution in [1.82, 2.24) is 4.90 Å². The van der Waals surface area contributed by atoms with E-state index in [4.69, 9.17) is 11.6 Å². The third-order valence-corrected chi connectivity index (χ3v) is 8.15. The molecular weight excluding hydrogens is 536 g/mol. The van der Waals surface area contributed by atoms with E-state index >= 15 is 0 Å². The fourth-order valence-corrected chi connectivity index (χ4v) is 6.10. The molecule has 1 aliphatic carbocycles. The van der Waals surface area contributed by atoms with E-state index < -0.39 is 35.1 Å². The minimum absolute atomic E-state index is 0.0866. The van der Waals surface area contributed by atoms with E-state index in [9.17, 15) is 23.5 Å². The molecule has 0 aromatic heterocycles. The highest BCUT2D eigenvalue weighted by molar-refractivity contribution is 6.32. The number of phenols is 1. The third-order valence-electron chi connectivity index (χ3n) is 7.85. The van der Waals surface area contributed by atoms with E-state index in [0.29, 0.717) is 23.7 Å². The van der Waals surface area contributed by atoms with Crippen molar-refractivity contribution < 1.29 is 23.5 Å². The second-order valence-electron chi connectivity index (χ2n) is 10.8. The largest absolute Gasteiger partial charge is 0.506 e. The Morgan fingerprint density at radius 2 is 1.62 bits per heavy atom. The molecule has 1 aliphatic heterocycles. The molecule has 2 fully saturated rings. The Kier molecular flexibility index (Phi) is 8.26. The molecule has 3 N–H and O–H groups in total. The number of hydrogen-bond donors (Lipinski definition) is 3. The van der Waals surface area contributed by atoms with Crippen LogP contribution in [0.4, 0.5) is 20.2 Å². The summed E-state index contributed by atoms with van der Waals surface area (Å²) in [7, 11) is 0. The van der Waals surface area contributed by atoms with Crippen LogP contribution in [0.25, 0.3) is 0 Å². The van der Waals surface area contributed by atoms with Crippen LogP contribution in [-0.2, 0) is 4.79 Å². The number of rotatable bonds is 6. The Hall–Kier alpha value is -3.65. The second-order valence-corrected chi connectivity index (χ2v) is 11.3. The summed E-state index contributed by atoms with van der Waals surface area (Å²) in [6.45, 7) is 2.13. The monoisotopic (exact) mass is 567 g/mol. The maximum Gasteiger partial charge on any atom is 0.260 e. The number of nitrogens with one attached hydrogen (secondary N) is 2. The van der Waals surface area contributed by atoms with Crippen LogP contribution in [-0.4, -0.2) is 34.4 Å². The SMILES string of the molecule is C[C@@H]1C[C@H](C(=O)Nc2ccc(O)c(Cl)c2)C(c2ccc(NC3CCCC3)cc2)N(C(=O)c2c(F)cccc2F)C1. The van der Waals surface area contributed by atoms with Gasteiger partial charge in [0.25, 0.3) is 5.91 Å². The molecule has 3 atom stereocenters. The van der Waals surface area contributed by atoms with Crippen molar-refractivity contribution >= 4 is 34.8 Å². The molecule has 5 rings (SSSR count). The Bertz CT molecular complexity index is 1370. The van der Waals surface area contributed by atoms with Gasteiger partial charge in [-0.3, -0.25) is 9.59 Å². The number of carbonyl (C=O) groups is 2. The molecule has 1 saturated carbocycles. The molecule has 0 radical (unpaired) electrons. The van der Waals surface area contributed by atoms with Crippen LogP contribution in [0.3, 0.4) is 0 Å². The van der Waals surface area contributed by atoms with Gasteiger partial charge in [0.1, 0.15) is 22.9 Å². The molecule has 9 heteroatoms. The molecule has 1 heterocycles. The smallest absolute Gasteiger partial charge is 0.260 e. The molecule has 40 heavy (non-hydrogen) atoms. The minimum atomic E-state index is -0.946. The summed E-state index contributed by atoms with van der Waals surface area (Å²) in [5, 5.41) is 16.2. The van der Waals surface area contributed by atoms with Gasteiger partial charge in [0.05, 0.1) is 17.0 Å². The van der Waals surface area contributed by atoms with Gasteiger partial charge in [0.15, 0.2) is 0 Å². The van der Waals surface area contributed by atoms with Crippen molar-refractivity contribution in [2.45, 2.75) is 51.1 Å². The van der Waals surface area contributed by atoms with Gasteiger partial charge >= 0.3 is 0 Å². The summed E-state index contributed by atoms with van der Waals surface area (Å²) >= 11 is 6.04. The summed E-state index contributed by atoms with van der Waals surface area (Å²) in [4.78, 5) is 28.9. The van der Waals surface area contributed by atoms with Gasteiger partial charge in [0, 0.05) is 24.0 Å². The quantitative estimate of drug-likeness (QED) is 0.276. The zero-order chi connectivity index (χ0) is 28.4. The lowest BCUT2D eigenvalue weighted by molar-refractivity contribution is -0.124. The van der Waals surface area contributed by atoms with E-state index in [1.165, 1.54) is 42.0 Å². The number of phenolic OH excluding ortho intramolecular Hbond substituents is 1. The molecule has 2 amide bonds. The molecule has 1 saturated heterocycles. The van der Waals surface area contributed by atoms with Gasteiger partial charge in [-0.25, -0.2) is 8.78 Å². The first kappa shape index (κ1) is 27.9. The number of aromatic hydroxyl groups is 1. The lowest BCUT2D eigenvalue weighted by Gasteiger charge is -2.43. The number of likely N-dealkylation sites (tertiary alicyclic amines) is 1. The summed E-state index contributed by atoms with van der Waals surface area (Å²) in [5.74, 6) is -4.00. The number of halogens is 3. The van der Waals surface area contributed by atoms with Crippen LogP contribution in [0, 0.1) is 23.5 Å². The van der Waals surface area contributed by atoms with Gasteiger partial charge in [0.2, 0.25) is 5.91 Å². The van der Waals surface area contributed by atoms with Crippen LogP contribution >= 0.6 is 11.6 Å². The highest BCUT2D eigenvalue weighted by atomic mass is 35.5. The van der Waals surface area contributed by atoms with E-state index in [1.54, 1.807) is 0 Å². The topological polar surface area (TPSA) is 81.7 Å². The van der Waals surface area contributed by atoms with Crippen molar-refractivity contribution in [3.8, 4) is 5.75 Å². The van der Waals surface area contributed by atoms with E-state index in [0.717, 1.165) is 30.7 Å². The Labute approximate surface area is 237 Å². The molecule has 6 nitrogen and oxygen atoms in total. The third kappa shape index (κ3) is 5.92. The summed E-state index contributed by atoms with van der Waals surface area (Å²) in [5.41, 5.74) is 1.39. The van der Waals surface area contributed by atoms with Gasteiger partial charge in [-0.15, -0.1) is 0 Å². The number of benzene rings is 3. The normalized spacial score (nSPS) is 21.3. The van der Waals surface area contributed by atoms with Gasteiger partial charge in [-0.05, 0) is 73.2 Å². The lowest BCUT2D eigenvalue weighted by atomic mass is 9.79. The summed E-state index contributed by atoms with van der Waals surface area (Å²) in [6, 6.07) is 14.9. The second kappa shape index (κ2) is 11.8. The Morgan fingerprint density at radius 1 is 0.975 bits per heavy atom. The van der Waals surface area contributed by atoms with Crippen molar-refractivity contribution in [3.05, 3.63) is 88.4 Å². The Morgan fingerprint density at radius 3 is 2.27 bits per heavy atom. The molecule has 3 aromatic rings. The molecule has 0 spiro atoms. The summed E-state index contributed by atoms with van der Waals surface area (Å²) in [6.07, 6.45) is 5.07. The molecule has 0 bridgehead atoms. The highest BCUT2D eigenvalue weighted by Gasteiger charge is 2.43. The lowest BCUT2D eigenvalue weighted by Crippen LogP contribution is -2.49. The number of hydrogen-bond acceptors (Lipinski definition) is 4. The van der Waals surface area contributed by atoms with E-state index in [-0.39, 0.29) is 29.1 Å². The van der Waals surface area contributed by atoms with E-state index in [1.807, 2.05) is 31.2 Å². The first-order chi connectivity index (χ1) is 19.2. The highest BCUT2D eigenvalue weighted by Crippen LogP contribution is 2.41. The van der Waals surface area contributed by atoms with Crippen molar-refractivity contribution in [3.63, 3.8) is 0 Å². The van der Waals surface area contributed by atoms with Gasteiger partial charge in [-0.2, -0.15) is 0 Å². The zero-order valence-corrected chi connectivity index (χ0v) is 22.9. The van der Waals surface area contributed by atoms with Gasteiger partial charge < -0.3 is 20.6 Å². The molecule has 2 aliphatic rings. The maximum atomic E-state index is 14.7. The fraction of sp³-hybridized carbons (Fsp3) is 0.355. The number of amides is 2. The first-order valence-electron chi connectivity index (χ1n) is 13.6. The average Bonchev–Trinajstić information content (AvgIpc) is 3.44. The van der Waals surface area contributed by atoms with Gasteiger partial charge in [-0.1, -0.05) is 49.6 Å². The minimum Gasteiger partial charge on any atom is -0.506 e. The van der Waals surface area contributed by atoms with Crippen LogP contribution in [0.15, 0.2) is 60.7 Å². The standard InChI is InChI=1S/C31H32ClF2N3O3/c1-18-15-23(30(39)36-22-13-14-27(38)24(32)16-22)29(19-9-11-21(12-10-19)35-20-5-2-3-6-20)37(17-18)31(40)28-25(33)7-4-8-26(28)34/h4,7-14,16,18,20,23,29,35,38H,2-3,5-6,15,17H2,1H3,(H,36,39)/t18-,23+,29?/m1/s1. The Balaban J connectivity index is 1.50. The molecule has 210 valence electrons. The van der Waals surface area contributed by atoms with Crippen molar-refractivity contribution in [2.24, 2.45) is 11.8 Å². The molecule has 3 aromatic carbocycles. The maximum absolute atomic E-state index is 14.7. The number of carbonyl (C=O) groups excluding carboxylic acids is 2. The van der Waals surface area contributed by atoms with Crippen LogP contribution in [0.1, 0.15) is 61.0 Å². The predicted octanol–water partition coefficient (Wildman–Crippen LogP) is 7.16. The van der Waals surface area contributed by atoms with Crippen LogP contribution in [0.2, 0.25) is 5.02 Å². The van der Waals surface area contributed by atoms with E-state index in [2.05, 4.69) is 10.6 Å². The summed E-state index contributed by atoms with van der Waals surface area (Å²) < 4.78 is 29.5. The molecular formula is C31H32ClF2N3O3. The van der Waals surface area contributed by atoms with Crippen LogP contribution < -0.4 is 10.6 Å². The number of anilines is 2. The predicted molar refractivity (Wildman–Crippen MR) is 151 cm³/mol. The number of nitrogens with zero attached hydrogens (tertiary/aromatic N) is 1. The van der Waals surface area contributed by atoms with Crippen molar-refractivity contribution in [1.29, 1.82) is 0 Å². The average molecular weight is 568 g/mol.